The van der Waals surface area contributed by atoms with Crippen LogP contribution in [0, 0.1) is 0 Å². The molecular formula is C17H12F3N3O2. The molecule has 0 aliphatic rings. The van der Waals surface area contributed by atoms with Crippen LogP contribution < -0.4 is 21.5 Å². The number of benzene rings is 1. The van der Waals surface area contributed by atoms with Crippen LogP contribution in [0.4, 0.5) is 30.2 Å². The first-order chi connectivity index (χ1) is 11.9. The summed E-state index contributed by atoms with van der Waals surface area (Å²) in [6, 6.07) is 9.47. The number of aromatic nitrogens is 1. The summed E-state index contributed by atoms with van der Waals surface area (Å²) < 4.78 is 37.7. The molecule has 0 aliphatic carbocycles. The predicted octanol–water partition coefficient (Wildman–Crippen LogP) is 3.05. The van der Waals surface area contributed by atoms with Crippen LogP contribution in [0.25, 0.3) is 0 Å². The van der Waals surface area contributed by atoms with E-state index in [1.54, 1.807) is 24.4 Å². The molecule has 3 aromatic rings. The van der Waals surface area contributed by atoms with E-state index in [0.29, 0.717) is 5.69 Å². The Morgan fingerprint density at radius 3 is 2.20 bits per heavy atom. The van der Waals surface area contributed by atoms with E-state index < -0.39 is 22.6 Å². The third-order valence-electron chi connectivity index (χ3n) is 3.56. The van der Waals surface area contributed by atoms with Gasteiger partial charge in [-0.25, -0.2) is 0 Å². The van der Waals surface area contributed by atoms with Crippen molar-refractivity contribution < 1.29 is 13.2 Å². The summed E-state index contributed by atoms with van der Waals surface area (Å²) in [6.45, 7) is 0.243. The second kappa shape index (κ2) is 6.39. The number of hydrogen-bond donors (Lipinski definition) is 2. The topological polar surface area (TPSA) is 71.1 Å². The van der Waals surface area contributed by atoms with Gasteiger partial charge in [-0.3, -0.25) is 14.6 Å². The molecule has 8 heteroatoms. The fourth-order valence-electron chi connectivity index (χ4n) is 2.25. The molecule has 0 radical (unpaired) electrons. The number of pyridine rings is 1. The summed E-state index contributed by atoms with van der Waals surface area (Å²) in [4.78, 5) is 27.5. The molecule has 5 nitrogen and oxygen atoms in total. The molecule has 2 aromatic carbocycles. The van der Waals surface area contributed by atoms with Gasteiger partial charge in [0.25, 0.3) is 10.9 Å². The van der Waals surface area contributed by atoms with Crippen LogP contribution in [0.2, 0.25) is 0 Å². The first kappa shape index (κ1) is 16.7. The van der Waals surface area contributed by atoms with Crippen molar-refractivity contribution in [3.63, 3.8) is 0 Å². The number of halogens is 3. The normalized spacial score (nSPS) is 11.5. The quantitative estimate of drug-likeness (QED) is 0.694. The van der Waals surface area contributed by atoms with E-state index in [1.165, 1.54) is 12.1 Å². The van der Waals surface area contributed by atoms with Crippen molar-refractivity contribution in [2.24, 2.45) is 0 Å². The standard InChI is InChI=1S/C17H12F3N3O2/c18-17(19,20)10-4-6-11(7-5-10)23-14-13(15(24)16(14)25)22-9-12-3-1-2-8-21-12/h1-8,22-23H,9H2. The van der Waals surface area contributed by atoms with E-state index in [2.05, 4.69) is 15.6 Å². The van der Waals surface area contributed by atoms with Gasteiger partial charge >= 0.3 is 6.18 Å². The lowest BCUT2D eigenvalue weighted by molar-refractivity contribution is -0.137. The summed E-state index contributed by atoms with van der Waals surface area (Å²) in [5, 5.41) is 5.51. The van der Waals surface area contributed by atoms with Gasteiger partial charge in [0.15, 0.2) is 0 Å². The lowest BCUT2D eigenvalue weighted by Crippen LogP contribution is -2.36. The Morgan fingerprint density at radius 2 is 1.60 bits per heavy atom. The van der Waals surface area contributed by atoms with E-state index in [-0.39, 0.29) is 23.6 Å². The van der Waals surface area contributed by atoms with Gasteiger partial charge in [0.05, 0.1) is 17.8 Å². The molecule has 0 unspecified atom stereocenters. The Labute approximate surface area is 139 Å². The number of nitrogens with one attached hydrogen (secondary N) is 2. The number of anilines is 3. The maximum absolute atomic E-state index is 12.6. The molecule has 1 aromatic heterocycles. The van der Waals surface area contributed by atoms with Crippen LogP contribution in [0.3, 0.4) is 0 Å². The summed E-state index contributed by atoms with van der Waals surface area (Å²) in [6.07, 6.45) is -2.84. The molecular weight excluding hydrogens is 335 g/mol. The van der Waals surface area contributed by atoms with Crippen molar-refractivity contribution >= 4 is 17.1 Å². The monoisotopic (exact) mass is 347 g/mol. The first-order valence-corrected chi connectivity index (χ1v) is 7.27. The van der Waals surface area contributed by atoms with Gasteiger partial charge in [-0.1, -0.05) is 6.07 Å². The molecule has 0 saturated carbocycles. The van der Waals surface area contributed by atoms with E-state index in [0.717, 1.165) is 12.1 Å². The molecule has 128 valence electrons. The molecule has 0 bridgehead atoms. The Balaban J connectivity index is 1.74. The zero-order valence-corrected chi connectivity index (χ0v) is 12.7. The minimum absolute atomic E-state index is 0.0284. The molecule has 2 N–H and O–H groups in total. The largest absolute Gasteiger partial charge is 0.416 e. The maximum Gasteiger partial charge on any atom is 0.416 e. The molecule has 25 heavy (non-hydrogen) atoms. The number of rotatable bonds is 5. The fraction of sp³-hybridized carbons (Fsp3) is 0.118. The smallest absolute Gasteiger partial charge is 0.374 e. The van der Waals surface area contributed by atoms with Crippen molar-refractivity contribution in [3.05, 3.63) is 80.4 Å². The zero-order chi connectivity index (χ0) is 18.0. The minimum Gasteiger partial charge on any atom is -0.374 e. The summed E-state index contributed by atoms with van der Waals surface area (Å²) >= 11 is 0. The summed E-state index contributed by atoms with van der Waals surface area (Å²) in [5.74, 6) is 0. The molecule has 3 rings (SSSR count). The van der Waals surface area contributed by atoms with Crippen LogP contribution in [0.1, 0.15) is 11.3 Å². The lowest BCUT2D eigenvalue weighted by atomic mass is 10.1. The lowest BCUT2D eigenvalue weighted by Gasteiger charge is -2.15. The Morgan fingerprint density at radius 1 is 0.920 bits per heavy atom. The van der Waals surface area contributed by atoms with Crippen molar-refractivity contribution in [1.82, 2.24) is 4.98 Å². The van der Waals surface area contributed by atoms with E-state index in [1.807, 2.05) is 0 Å². The Hall–Kier alpha value is -3.16. The Bertz CT molecular complexity index is 944. The van der Waals surface area contributed by atoms with E-state index >= 15 is 0 Å². The summed E-state index contributed by atoms with van der Waals surface area (Å²) in [7, 11) is 0. The first-order valence-electron chi connectivity index (χ1n) is 7.27. The minimum atomic E-state index is -4.44. The van der Waals surface area contributed by atoms with E-state index in [4.69, 9.17) is 0 Å². The van der Waals surface area contributed by atoms with Crippen molar-refractivity contribution in [1.29, 1.82) is 0 Å². The number of alkyl halides is 3. The van der Waals surface area contributed by atoms with Gasteiger partial charge < -0.3 is 10.6 Å². The molecule has 0 spiro atoms. The SMILES string of the molecule is O=c1c(NCc2ccccn2)c(Nc2ccc(C(F)(F)F)cc2)c1=O. The fourth-order valence-corrected chi connectivity index (χ4v) is 2.25. The summed E-state index contributed by atoms with van der Waals surface area (Å²) in [5.41, 5.74) is -1.11. The van der Waals surface area contributed by atoms with Gasteiger partial charge in [-0.15, -0.1) is 0 Å². The van der Waals surface area contributed by atoms with Crippen molar-refractivity contribution in [2.75, 3.05) is 10.6 Å². The third-order valence-corrected chi connectivity index (χ3v) is 3.56. The third kappa shape index (κ3) is 3.52. The molecule has 0 saturated heterocycles. The number of nitrogens with zero attached hydrogens (tertiary/aromatic N) is 1. The molecule has 0 fully saturated rings. The van der Waals surface area contributed by atoms with Gasteiger partial charge in [0.2, 0.25) is 0 Å². The number of hydrogen-bond acceptors (Lipinski definition) is 5. The average molecular weight is 347 g/mol. The van der Waals surface area contributed by atoms with Crippen LogP contribution in [-0.2, 0) is 12.7 Å². The average Bonchev–Trinajstić information content (AvgIpc) is 2.61. The van der Waals surface area contributed by atoms with Gasteiger partial charge in [0.1, 0.15) is 11.4 Å². The van der Waals surface area contributed by atoms with Crippen LogP contribution in [-0.4, -0.2) is 4.98 Å². The molecule has 0 atom stereocenters. The van der Waals surface area contributed by atoms with Crippen molar-refractivity contribution in [2.45, 2.75) is 12.7 Å². The highest BCUT2D eigenvalue weighted by Gasteiger charge is 2.30. The second-order valence-electron chi connectivity index (χ2n) is 5.28. The van der Waals surface area contributed by atoms with E-state index in [9.17, 15) is 22.8 Å². The second-order valence-corrected chi connectivity index (χ2v) is 5.28. The van der Waals surface area contributed by atoms with Crippen molar-refractivity contribution in [3.8, 4) is 0 Å². The zero-order valence-electron chi connectivity index (χ0n) is 12.7. The highest BCUT2D eigenvalue weighted by Crippen LogP contribution is 2.30. The van der Waals surface area contributed by atoms with Gasteiger partial charge in [-0.05, 0) is 36.4 Å². The highest BCUT2D eigenvalue weighted by atomic mass is 19.4. The van der Waals surface area contributed by atoms with Gasteiger partial charge in [-0.2, -0.15) is 13.2 Å². The molecule has 0 aliphatic heterocycles. The van der Waals surface area contributed by atoms with Crippen LogP contribution in [0.5, 0.6) is 0 Å². The molecule has 1 heterocycles. The van der Waals surface area contributed by atoms with Gasteiger partial charge in [0, 0.05) is 11.9 Å². The van der Waals surface area contributed by atoms with Crippen LogP contribution in [0.15, 0.2) is 58.3 Å². The molecule has 0 amide bonds. The van der Waals surface area contributed by atoms with Crippen LogP contribution >= 0.6 is 0 Å². The maximum atomic E-state index is 12.6. The predicted molar refractivity (Wildman–Crippen MR) is 87.6 cm³/mol. The Kier molecular flexibility index (Phi) is 4.26. The highest BCUT2D eigenvalue weighted by molar-refractivity contribution is 5.78.